The minimum Gasteiger partial charge on any atom is -0.495 e. The van der Waals surface area contributed by atoms with Crippen molar-refractivity contribution in [1.82, 2.24) is 9.21 Å². The lowest BCUT2D eigenvalue weighted by molar-refractivity contribution is 0.184. The van der Waals surface area contributed by atoms with Gasteiger partial charge in [-0.2, -0.15) is 4.31 Å². The average molecular weight is 327 g/mol. The van der Waals surface area contributed by atoms with Crippen molar-refractivity contribution in [2.24, 2.45) is 0 Å². The van der Waals surface area contributed by atoms with Crippen molar-refractivity contribution in [3.05, 3.63) is 23.8 Å². The van der Waals surface area contributed by atoms with Gasteiger partial charge in [-0.1, -0.05) is 6.07 Å². The van der Waals surface area contributed by atoms with E-state index in [9.17, 15) is 13.2 Å². The minimum absolute atomic E-state index is 0.253. The second kappa shape index (κ2) is 6.53. The highest BCUT2D eigenvalue weighted by Crippen LogP contribution is 2.25. The highest BCUT2D eigenvalue weighted by molar-refractivity contribution is 7.88. The van der Waals surface area contributed by atoms with Crippen LogP contribution in [-0.4, -0.2) is 63.2 Å². The number of hydrogen-bond acceptors (Lipinski definition) is 4. The molecule has 0 spiro atoms. The molecule has 1 heterocycles. The van der Waals surface area contributed by atoms with E-state index in [2.05, 4.69) is 5.32 Å². The number of methoxy groups -OCH3 is 1. The monoisotopic (exact) mass is 327 g/mol. The molecule has 2 rings (SSSR count). The Morgan fingerprint density at radius 2 is 1.86 bits per heavy atom. The molecule has 0 saturated carbocycles. The van der Waals surface area contributed by atoms with E-state index in [0.717, 1.165) is 5.56 Å². The summed E-state index contributed by atoms with van der Waals surface area (Å²) in [6.45, 7) is 3.30. The Balaban J connectivity index is 2.01. The fourth-order valence-electron chi connectivity index (χ4n) is 2.34. The van der Waals surface area contributed by atoms with Crippen molar-refractivity contribution in [3.63, 3.8) is 0 Å². The van der Waals surface area contributed by atoms with Gasteiger partial charge in [0, 0.05) is 26.2 Å². The van der Waals surface area contributed by atoms with Crippen LogP contribution in [0, 0.1) is 6.92 Å². The topological polar surface area (TPSA) is 79.0 Å². The highest BCUT2D eigenvalue weighted by Gasteiger charge is 2.26. The van der Waals surface area contributed by atoms with E-state index in [1.807, 2.05) is 19.1 Å². The summed E-state index contributed by atoms with van der Waals surface area (Å²) >= 11 is 0. The molecule has 2 amide bonds. The van der Waals surface area contributed by atoms with Crippen LogP contribution in [0.25, 0.3) is 0 Å². The van der Waals surface area contributed by atoms with Crippen molar-refractivity contribution in [1.29, 1.82) is 0 Å². The number of nitrogens with one attached hydrogen (secondary N) is 1. The van der Waals surface area contributed by atoms with Gasteiger partial charge in [0.25, 0.3) is 0 Å². The Labute approximate surface area is 130 Å². The lowest BCUT2D eigenvalue weighted by Gasteiger charge is -2.33. The number of carbonyl (C=O) groups is 1. The predicted octanol–water partition coefficient (Wildman–Crippen LogP) is 1.11. The number of urea groups is 1. The van der Waals surface area contributed by atoms with Gasteiger partial charge in [-0.3, -0.25) is 0 Å². The van der Waals surface area contributed by atoms with Gasteiger partial charge in [-0.25, -0.2) is 13.2 Å². The van der Waals surface area contributed by atoms with Crippen molar-refractivity contribution >= 4 is 21.7 Å². The lowest BCUT2D eigenvalue weighted by atomic mass is 10.2. The van der Waals surface area contributed by atoms with Gasteiger partial charge < -0.3 is 15.0 Å². The van der Waals surface area contributed by atoms with Crippen LogP contribution in [0.5, 0.6) is 5.75 Å². The van der Waals surface area contributed by atoms with Crippen LogP contribution in [0.3, 0.4) is 0 Å². The molecule has 0 aromatic heterocycles. The van der Waals surface area contributed by atoms with Crippen molar-refractivity contribution < 1.29 is 17.9 Å². The number of sulfonamides is 1. The lowest BCUT2D eigenvalue weighted by Crippen LogP contribution is -2.51. The summed E-state index contributed by atoms with van der Waals surface area (Å²) in [5.74, 6) is 0.591. The normalized spacial score (nSPS) is 16.4. The molecule has 1 N–H and O–H groups in total. The number of nitrogens with zero attached hydrogens (tertiary/aromatic N) is 2. The summed E-state index contributed by atoms with van der Waals surface area (Å²) in [7, 11) is -1.65. The Kier molecular flexibility index (Phi) is 4.92. The van der Waals surface area contributed by atoms with E-state index in [-0.39, 0.29) is 6.03 Å². The largest absolute Gasteiger partial charge is 0.495 e. The molecular formula is C14H21N3O4S. The first-order valence-electron chi connectivity index (χ1n) is 6.97. The molecule has 1 aromatic rings. The fourth-order valence-corrected chi connectivity index (χ4v) is 3.16. The molecule has 1 aromatic carbocycles. The van der Waals surface area contributed by atoms with Gasteiger partial charge in [0.05, 0.1) is 19.1 Å². The summed E-state index contributed by atoms with van der Waals surface area (Å²) in [6.07, 6.45) is 1.18. The molecule has 0 atom stereocenters. The maximum absolute atomic E-state index is 12.3. The second-order valence-electron chi connectivity index (χ2n) is 5.28. The Bertz CT molecular complexity index is 652. The zero-order valence-corrected chi connectivity index (χ0v) is 13.8. The van der Waals surface area contributed by atoms with Crippen LogP contribution < -0.4 is 10.1 Å². The SMILES string of the molecule is COc1ccc(C)cc1NC(=O)N1CCN(S(C)(=O)=O)CC1. The number of amides is 2. The van der Waals surface area contributed by atoms with E-state index < -0.39 is 10.0 Å². The molecule has 1 aliphatic heterocycles. The van der Waals surface area contributed by atoms with Crippen LogP contribution >= 0.6 is 0 Å². The van der Waals surface area contributed by atoms with Gasteiger partial charge in [-0.15, -0.1) is 0 Å². The number of anilines is 1. The van der Waals surface area contributed by atoms with E-state index in [0.29, 0.717) is 37.6 Å². The number of piperazine rings is 1. The third kappa shape index (κ3) is 3.89. The smallest absolute Gasteiger partial charge is 0.322 e. The van der Waals surface area contributed by atoms with Gasteiger partial charge in [0.1, 0.15) is 5.75 Å². The first kappa shape index (κ1) is 16.6. The predicted molar refractivity (Wildman–Crippen MR) is 84.7 cm³/mol. The van der Waals surface area contributed by atoms with Crippen molar-refractivity contribution in [2.75, 3.05) is 44.9 Å². The third-order valence-corrected chi connectivity index (χ3v) is 4.89. The summed E-state index contributed by atoms with van der Waals surface area (Å²) in [5, 5.41) is 2.82. The molecular weight excluding hydrogens is 306 g/mol. The molecule has 1 fully saturated rings. The van der Waals surface area contributed by atoms with Gasteiger partial charge >= 0.3 is 6.03 Å². The summed E-state index contributed by atoms with van der Waals surface area (Å²) in [6, 6.07) is 5.28. The molecule has 22 heavy (non-hydrogen) atoms. The number of aryl methyl sites for hydroxylation is 1. The maximum atomic E-state index is 12.3. The summed E-state index contributed by atoms with van der Waals surface area (Å²) in [5.41, 5.74) is 1.62. The first-order chi connectivity index (χ1) is 10.3. The van der Waals surface area contributed by atoms with Gasteiger partial charge in [-0.05, 0) is 24.6 Å². The molecule has 0 bridgehead atoms. The van der Waals surface area contributed by atoms with Crippen LogP contribution in [0.2, 0.25) is 0 Å². The Hall–Kier alpha value is -1.80. The summed E-state index contributed by atoms with van der Waals surface area (Å²) in [4.78, 5) is 13.9. The third-order valence-electron chi connectivity index (χ3n) is 3.59. The number of benzene rings is 1. The average Bonchev–Trinajstić information content (AvgIpc) is 2.46. The number of carbonyl (C=O) groups excluding carboxylic acids is 1. The first-order valence-corrected chi connectivity index (χ1v) is 8.82. The van der Waals surface area contributed by atoms with E-state index >= 15 is 0 Å². The molecule has 8 heteroatoms. The van der Waals surface area contributed by atoms with E-state index in [4.69, 9.17) is 4.74 Å². The highest BCUT2D eigenvalue weighted by atomic mass is 32.2. The van der Waals surface area contributed by atoms with Crippen molar-refractivity contribution in [3.8, 4) is 5.75 Å². The fraction of sp³-hybridized carbons (Fsp3) is 0.500. The zero-order valence-electron chi connectivity index (χ0n) is 13.0. The Morgan fingerprint density at radius 3 is 2.41 bits per heavy atom. The van der Waals surface area contributed by atoms with Gasteiger partial charge in [0.2, 0.25) is 10.0 Å². The molecule has 0 unspecified atom stereocenters. The number of hydrogen-bond donors (Lipinski definition) is 1. The van der Waals surface area contributed by atoms with Crippen LogP contribution in [-0.2, 0) is 10.0 Å². The molecule has 7 nitrogen and oxygen atoms in total. The molecule has 122 valence electrons. The molecule has 0 aliphatic carbocycles. The van der Waals surface area contributed by atoms with Crippen LogP contribution in [0.15, 0.2) is 18.2 Å². The second-order valence-corrected chi connectivity index (χ2v) is 7.27. The number of ether oxygens (including phenoxy) is 1. The Morgan fingerprint density at radius 1 is 1.23 bits per heavy atom. The zero-order chi connectivity index (χ0) is 16.3. The number of rotatable bonds is 3. The van der Waals surface area contributed by atoms with E-state index in [1.165, 1.54) is 10.6 Å². The minimum atomic E-state index is -3.20. The summed E-state index contributed by atoms with van der Waals surface area (Å²) < 4.78 is 29.5. The van der Waals surface area contributed by atoms with Gasteiger partial charge in [0.15, 0.2) is 0 Å². The maximum Gasteiger partial charge on any atom is 0.322 e. The van der Waals surface area contributed by atoms with Crippen LogP contribution in [0.1, 0.15) is 5.56 Å². The quantitative estimate of drug-likeness (QED) is 0.902. The van der Waals surface area contributed by atoms with E-state index in [1.54, 1.807) is 18.1 Å². The molecule has 1 aliphatic rings. The molecule has 0 radical (unpaired) electrons. The standard InChI is InChI=1S/C14H21N3O4S/c1-11-4-5-13(21-2)12(10-11)15-14(18)16-6-8-17(9-7-16)22(3,19)20/h4-5,10H,6-9H2,1-3H3,(H,15,18). The molecule has 1 saturated heterocycles. The van der Waals surface area contributed by atoms with Crippen LogP contribution in [0.4, 0.5) is 10.5 Å². The van der Waals surface area contributed by atoms with Crippen molar-refractivity contribution in [2.45, 2.75) is 6.92 Å².